The van der Waals surface area contributed by atoms with Crippen LogP contribution in [-0.4, -0.2) is 37.1 Å². The number of anilines is 2. The largest absolute Gasteiger partial charge is 0.368 e. The molecule has 0 unspecified atom stereocenters. The fourth-order valence-corrected chi connectivity index (χ4v) is 3.32. The summed E-state index contributed by atoms with van der Waals surface area (Å²) in [4.78, 5) is 16.3. The van der Waals surface area contributed by atoms with Gasteiger partial charge in [0.1, 0.15) is 11.6 Å². The van der Waals surface area contributed by atoms with Crippen LogP contribution >= 0.6 is 0 Å². The Hall–Kier alpha value is -2.63. The summed E-state index contributed by atoms with van der Waals surface area (Å²) in [5.74, 6) is -1.45. The van der Waals surface area contributed by atoms with Gasteiger partial charge in [-0.1, -0.05) is 39.0 Å². The SMILES string of the molecule is CC(C)(C)c1ccccc1N1CCN(C(=O)Nc2ccc(F)cc2F)CC1. The molecule has 1 fully saturated rings. The molecule has 1 heterocycles. The molecule has 2 aromatic rings. The van der Waals surface area contributed by atoms with Crippen LogP contribution in [-0.2, 0) is 5.41 Å². The van der Waals surface area contributed by atoms with E-state index < -0.39 is 11.6 Å². The van der Waals surface area contributed by atoms with Crippen molar-refractivity contribution in [3.63, 3.8) is 0 Å². The maximum atomic E-state index is 13.7. The lowest BCUT2D eigenvalue weighted by Crippen LogP contribution is -2.50. The topological polar surface area (TPSA) is 35.6 Å². The Morgan fingerprint density at radius 3 is 2.30 bits per heavy atom. The first-order valence-electron chi connectivity index (χ1n) is 9.11. The number of carbonyl (C=O) groups excluding carboxylic acids is 1. The van der Waals surface area contributed by atoms with Crippen molar-refractivity contribution in [3.05, 3.63) is 59.7 Å². The summed E-state index contributed by atoms with van der Waals surface area (Å²) >= 11 is 0. The number of hydrogen-bond donors (Lipinski definition) is 1. The number of nitrogens with one attached hydrogen (secondary N) is 1. The minimum absolute atomic E-state index is 0.0121. The van der Waals surface area contributed by atoms with Crippen LogP contribution < -0.4 is 10.2 Å². The van der Waals surface area contributed by atoms with Gasteiger partial charge in [0.05, 0.1) is 5.69 Å². The number of piperazine rings is 1. The quantitative estimate of drug-likeness (QED) is 0.834. The lowest BCUT2D eigenvalue weighted by molar-refractivity contribution is 0.208. The molecule has 2 aromatic carbocycles. The Morgan fingerprint density at radius 1 is 1.00 bits per heavy atom. The number of hydrogen-bond acceptors (Lipinski definition) is 2. The van der Waals surface area contributed by atoms with E-state index in [-0.39, 0.29) is 17.1 Å². The summed E-state index contributed by atoms with van der Waals surface area (Å²) in [6.07, 6.45) is 0. The van der Waals surface area contributed by atoms with Gasteiger partial charge in [0.2, 0.25) is 0 Å². The number of benzene rings is 2. The van der Waals surface area contributed by atoms with Crippen molar-refractivity contribution >= 4 is 17.4 Å². The Morgan fingerprint density at radius 2 is 1.67 bits per heavy atom. The third-order valence-corrected chi connectivity index (χ3v) is 4.79. The Labute approximate surface area is 158 Å². The summed E-state index contributed by atoms with van der Waals surface area (Å²) in [5, 5.41) is 2.52. The van der Waals surface area contributed by atoms with Gasteiger partial charge in [-0.25, -0.2) is 13.6 Å². The van der Waals surface area contributed by atoms with E-state index in [1.165, 1.54) is 17.3 Å². The lowest BCUT2D eigenvalue weighted by atomic mass is 9.85. The van der Waals surface area contributed by atoms with Gasteiger partial charge in [-0.2, -0.15) is 0 Å². The number of halogens is 2. The number of urea groups is 1. The minimum atomic E-state index is -0.777. The van der Waals surface area contributed by atoms with Crippen molar-refractivity contribution in [3.8, 4) is 0 Å². The molecule has 4 nitrogen and oxygen atoms in total. The molecule has 0 atom stereocenters. The lowest BCUT2D eigenvalue weighted by Gasteiger charge is -2.38. The maximum Gasteiger partial charge on any atom is 0.322 e. The maximum absolute atomic E-state index is 13.7. The molecular formula is C21H25F2N3O. The molecule has 1 aliphatic rings. The van der Waals surface area contributed by atoms with E-state index in [1.54, 1.807) is 4.90 Å². The van der Waals surface area contributed by atoms with Gasteiger partial charge in [-0.3, -0.25) is 0 Å². The zero-order chi connectivity index (χ0) is 19.6. The van der Waals surface area contributed by atoms with Crippen molar-refractivity contribution in [2.45, 2.75) is 26.2 Å². The highest BCUT2D eigenvalue weighted by atomic mass is 19.1. The summed E-state index contributed by atoms with van der Waals surface area (Å²) < 4.78 is 26.7. The number of carbonyl (C=O) groups is 1. The highest BCUT2D eigenvalue weighted by molar-refractivity contribution is 5.89. The van der Waals surface area contributed by atoms with E-state index in [0.29, 0.717) is 26.2 Å². The molecule has 0 radical (unpaired) electrons. The molecule has 0 bridgehead atoms. The molecule has 0 aliphatic carbocycles. The first kappa shape index (κ1) is 19.1. The van der Waals surface area contributed by atoms with E-state index in [9.17, 15) is 13.6 Å². The first-order valence-corrected chi connectivity index (χ1v) is 9.11. The molecular weight excluding hydrogens is 348 g/mol. The fraction of sp³-hybridized carbons (Fsp3) is 0.381. The molecule has 0 saturated carbocycles. The molecule has 1 aliphatic heterocycles. The summed E-state index contributed by atoms with van der Waals surface area (Å²) in [7, 11) is 0. The van der Waals surface area contributed by atoms with Crippen LogP contribution in [0.1, 0.15) is 26.3 Å². The molecule has 144 valence electrons. The van der Waals surface area contributed by atoms with Gasteiger partial charge < -0.3 is 15.1 Å². The molecule has 0 spiro atoms. The van der Waals surface area contributed by atoms with Crippen LogP contribution in [0, 0.1) is 11.6 Å². The molecule has 3 rings (SSSR count). The first-order chi connectivity index (χ1) is 12.8. The standard InChI is InChI=1S/C21H25F2N3O/c1-21(2,3)16-6-4-5-7-19(16)25-10-12-26(13-11-25)20(27)24-18-9-8-15(22)14-17(18)23/h4-9,14H,10-13H2,1-3H3,(H,24,27). The number of para-hydroxylation sites is 1. The Bertz CT molecular complexity index is 824. The molecule has 1 saturated heterocycles. The normalized spacial score (nSPS) is 15.0. The van der Waals surface area contributed by atoms with Crippen molar-refractivity contribution in [1.29, 1.82) is 0 Å². The van der Waals surface area contributed by atoms with Gasteiger partial charge in [0.15, 0.2) is 0 Å². The average molecular weight is 373 g/mol. The van der Waals surface area contributed by atoms with E-state index in [2.05, 4.69) is 43.1 Å². The van der Waals surface area contributed by atoms with E-state index >= 15 is 0 Å². The van der Waals surface area contributed by atoms with Gasteiger partial charge in [0.25, 0.3) is 0 Å². The van der Waals surface area contributed by atoms with Crippen molar-refractivity contribution < 1.29 is 13.6 Å². The van der Waals surface area contributed by atoms with E-state index in [0.717, 1.165) is 12.1 Å². The van der Waals surface area contributed by atoms with Gasteiger partial charge >= 0.3 is 6.03 Å². The third kappa shape index (κ3) is 4.38. The highest BCUT2D eigenvalue weighted by Gasteiger charge is 2.26. The second kappa shape index (κ2) is 7.55. The fourth-order valence-electron chi connectivity index (χ4n) is 3.32. The van der Waals surface area contributed by atoms with Crippen LogP contribution in [0.4, 0.5) is 25.0 Å². The minimum Gasteiger partial charge on any atom is -0.368 e. The number of nitrogens with zero attached hydrogens (tertiary/aromatic N) is 2. The Balaban J connectivity index is 1.65. The van der Waals surface area contributed by atoms with Crippen LogP contribution in [0.25, 0.3) is 0 Å². The van der Waals surface area contributed by atoms with Crippen LogP contribution in [0.3, 0.4) is 0 Å². The zero-order valence-electron chi connectivity index (χ0n) is 15.9. The van der Waals surface area contributed by atoms with Crippen LogP contribution in [0.5, 0.6) is 0 Å². The molecule has 27 heavy (non-hydrogen) atoms. The van der Waals surface area contributed by atoms with E-state index in [4.69, 9.17) is 0 Å². The average Bonchev–Trinajstić information content (AvgIpc) is 2.63. The summed E-state index contributed by atoms with van der Waals surface area (Å²) in [6.45, 7) is 9.03. The highest BCUT2D eigenvalue weighted by Crippen LogP contribution is 2.32. The third-order valence-electron chi connectivity index (χ3n) is 4.79. The van der Waals surface area contributed by atoms with Crippen LogP contribution in [0.15, 0.2) is 42.5 Å². The van der Waals surface area contributed by atoms with Crippen molar-refractivity contribution in [1.82, 2.24) is 4.90 Å². The van der Waals surface area contributed by atoms with Gasteiger partial charge in [-0.05, 0) is 29.2 Å². The van der Waals surface area contributed by atoms with Crippen LogP contribution in [0.2, 0.25) is 0 Å². The predicted molar refractivity (Wildman–Crippen MR) is 104 cm³/mol. The zero-order valence-corrected chi connectivity index (χ0v) is 15.9. The Kier molecular flexibility index (Phi) is 5.35. The van der Waals surface area contributed by atoms with E-state index in [1.807, 2.05) is 12.1 Å². The molecule has 6 heteroatoms. The molecule has 0 aromatic heterocycles. The van der Waals surface area contributed by atoms with Gasteiger partial charge in [0, 0.05) is 37.9 Å². The summed E-state index contributed by atoms with van der Waals surface area (Å²) in [6, 6.07) is 11.1. The summed E-state index contributed by atoms with van der Waals surface area (Å²) in [5.41, 5.74) is 2.48. The monoisotopic (exact) mass is 373 g/mol. The molecule has 1 N–H and O–H groups in total. The second-order valence-corrected chi connectivity index (χ2v) is 7.80. The van der Waals surface area contributed by atoms with Gasteiger partial charge in [-0.15, -0.1) is 0 Å². The smallest absolute Gasteiger partial charge is 0.322 e. The number of amides is 2. The van der Waals surface area contributed by atoms with Crippen molar-refractivity contribution in [2.75, 3.05) is 36.4 Å². The predicted octanol–water partition coefficient (Wildman–Crippen LogP) is 4.62. The second-order valence-electron chi connectivity index (χ2n) is 7.80. The van der Waals surface area contributed by atoms with Crippen molar-refractivity contribution in [2.24, 2.45) is 0 Å². The number of rotatable bonds is 2. The molecule has 2 amide bonds.